The molecule has 0 bridgehead atoms. The predicted octanol–water partition coefficient (Wildman–Crippen LogP) is 1.98. The van der Waals surface area contributed by atoms with E-state index < -0.39 is 29.1 Å². The molecule has 0 spiro atoms. The Balaban J connectivity index is 1.45. The standard InChI is InChI=1S/C25H28N2O7/c1-24(15-33-2,21(28)27-12-11-25(32,14-27)22(29)30)26-23(31)34-13-20-18-9-5-3-7-16(18)17-8-4-6-10-19(17)20/h3-10,20,32H,11-15H2,1-2H3,(H,26,31)(H,29,30). The van der Waals surface area contributed by atoms with E-state index in [0.717, 1.165) is 22.3 Å². The van der Waals surface area contributed by atoms with Crippen LogP contribution in [0.3, 0.4) is 0 Å². The monoisotopic (exact) mass is 468 g/mol. The van der Waals surface area contributed by atoms with Gasteiger partial charge in [0.2, 0.25) is 0 Å². The van der Waals surface area contributed by atoms with Crippen molar-refractivity contribution in [2.24, 2.45) is 0 Å². The van der Waals surface area contributed by atoms with Crippen LogP contribution in [0.5, 0.6) is 0 Å². The summed E-state index contributed by atoms with van der Waals surface area (Å²) >= 11 is 0. The number of benzene rings is 2. The molecule has 4 rings (SSSR count). The number of rotatable bonds is 7. The number of likely N-dealkylation sites (tertiary alicyclic amines) is 1. The third-order valence-corrected chi connectivity index (χ3v) is 6.56. The molecular weight excluding hydrogens is 440 g/mol. The molecule has 1 fully saturated rings. The third kappa shape index (κ3) is 4.24. The van der Waals surface area contributed by atoms with Gasteiger partial charge in [-0.1, -0.05) is 48.5 Å². The molecule has 1 saturated heterocycles. The summed E-state index contributed by atoms with van der Waals surface area (Å²) in [6.07, 6.45) is -0.885. The van der Waals surface area contributed by atoms with E-state index in [4.69, 9.17) is 9.47 Å². The van der Waals surface area contributed by atoms with Gasteiger partial charge in [0.1, 0.15) is 12.1 Å². The highest BCUT2D eigenvalue weighted by Gasteiger charge is 2.49. The van der Waals surface area contributed by atoms with E-state index in [9.17, 15) is 24.6 Å². The van der Waals surface area contributed by atoms with E-state index in [2.05, 4.69) is 5.32 Å². The number of carbonyl (C=O) groups is 3. The zero-order valence-electron chi connectivity index (χ0n) is 19.1. The van der Waals surface area contributed by atoms with Crippen LogP contribution in [0.1, 0.15) is 30.4 Å². The first-order chi connectivity index (χ1) is 16.2. The van der Waals surface area contributed by atoms with Crippen LogP contribution in [-0.4, -0.2) is 77.6 Å². The van der Waals surface area contributed by atoms with Gasteiger partial charge in [-0.15, -0.1) is 0 Å². The lowest BCUT2D eigenvalue weighted by Crippen LogP contribution is -2.60. The zero-order chi connectivity index (χ0) is 24.5. The third-order valence-electron chi connectivity index (χ3n) is 6.56. The number of fused-ring (bicyclic) bond motifs is 3. The molecule has 1 heterocycles. The number of aliphatic hydroxyl groups is 1. The second kappa shape index (κ2) is 9.08. The SMILES string of the molecule is COCC(C)(NC(=O)OCC1c2ccccc2-c2ccccc21)C(=O)N1CCC(O)(C(=O)O)C1. The molecule has 2 aromatic rings. The summed E-state index contributed by atoms with van der Waals surface area (Å²) in [5, 5.41) is 22.0. The number of nitrogens with zero attached hydrogens (tertiary/aromatic N) is 1. The summed E-state index contributed by atoms with van der Waals surface area (Å²) in [5.41, 5.74) is 0.835. The van der Waals surface area contributed by atoms with Gasteiger partial charge < -0.3 is 29.9 Å². The van der Waals surface area contributed by atoms with Gasteiger partial charge in [-0.25, -0.2) is 9.59 Å². The van der Waals surface area contributed by atoms with Crippen LogP contribution in [0.15, 0.2) is 48.5 Å². The molecule has 0 aromatic heterocycles. The average molecular weight is 469 g/mol. The fraction of sp³-hybridized carbons (Fsp3) is 0.400. The zero-order valence-corrected chi connectivity index (χ0v) is 19.1. The number of hydrogen-bond donors (Lipinski definition) is 3. The molecule has 0 saturated carbocycles. The number of hydrogen-bond acceptors (Lipinski definition) is 6. The molecule has 1 aliphatic heterocycles. The molecule has 9 nitrogen and oxygen atoms in total. The summed E-state index contributed by atoms with van der Waals surface area (Å²) in [7, 11) is 1.39. The van der Waals surface area contributed by atoms with Crippen LogP contribution in [0.4, 0.5) is 4.79 Å². The van der Waals surface area contributed by atoms with Crippen molar-refractivity contribution in [2.45, 2.75) is 30.4 Å². The Morgan fingerprint density at radius 2 is 1.71 bits per heavy atom. The van der Waals surface area contributed by atoms with E-state index in [1.54, 1.807) is 0 Å². The fourth-order valence-electron chi connectivity index (χ4n) is 4.79. The van der Waals surface area contributed by atoms with Crippen LogP contribution in [0, 0.1) is 0 Å². The van der Waals surface area contributed by atoms with Gasteiger partial charge in [0.05, 0.1) is 13.2 Å². The number of amides is 2. The van der Waals surface area contributed by atoms with Gasteiger partial charge in [-0.05, 0) is 29.2 Å². The number of carbonyl (C=O) groups excluding carboxylic acids is 2. The lowest BCUT2D eigenvalue weighted by molar-refractivity contribution is -0.157. The molecule has 34 heavy (non-hydrogen) atoms. The highest BCUT2D eigenvalue weighted by atomic mass is 16.5. The minimum absolute atomic E-state index is 0.0489. The van der Waals surface area contributed by atoms with Crippen molar-refractivity contribution in [3.63, 3.8) is 0 Å². The van der Waals surface area contributed by atoms with Gasteiger partial charge in [-0.3, -0.25) is 4.79 Å². The number of ether oxygens (including phenoxy) is 2. The molecule has 0 radical (unpaired) electrons. The van der Waals surface area contributed by atoms with E-state index in [0.29, 0.717) is 0 Å². The van der Waals surface area contributed by atoms with Crippen LogP contribution in [0.2, 0.25) is 0 Å². The van der Waals surface area contributed by atoms with Gasteiger partial charge in [0, 0.05) is 26.0 Å². The summed E-state index contributed by atoms with van der Waals surface area (Å²) in [6, 6.07) is 15.9. The Morgan fingerprint density at radius 3 is 2.24 bits per heavy atom. The van der Waals surface area contributed by atoms with Crippen LogP contribution < -0.4 is 5.32 Å². The maximum absolute atomic E-state index is 13.2. The molecule has 9 heteroatoms. The first-order valence-electron chi connectivity index (χ1n) is 11.1. The Hall–Kier alpha value is -3.43. The first kappa shape index (κ1) is 23.7. The lowest BCUT2D eigenvalue weighted by atomic mass is 9.98. The summed E-state index contributed by atoms with van der Waals surface area (Å²) in [4.78, 5) is 38.5. The maximum atomic E-state index is 13.2. The van der Waals surface area contributed by atoms with Crippen molar-refractivity contribution in [2.75, 3.05) is 33.4 Å². The number of methoxy groups -OCH3 is 1. The van der Waals surface area contributed by atoms with E-state index in [1.165, 1.54) is 18.9 Å². The minimum atomic E-state index is -2.01. The minimum Gasteiger partial charge on any atom is -0.479 e. The Kier molecular flexibility index (Phi) is 6.33. The molecule has 2 aliphatic rings. The second-order valence-electron chi connectivity index (χ2n) is 9.03. The smallest absolute Gasteiger partial charge is 0.408 e. The molecule has 2 aromatic carbocycles. The highest BCUT2D eigenvalue weighted by Crippen LogP contribution is 2.44. The van der Waals surface area contributed by atoms with Crippen molar-refractivity contribution < 1.29 is 34.1 Å². The first-order valence-corrected chi connectivity index (χ1v) is 11.1. The fourth-order valence-corrected chi connectivity index (χ4v) is 4.79. The van der Waals surface area contributed by atoms with Crippen molar-refractivity contribution in [3.05, 3.63) is 59.7 Å². The summed E-state index contributed by atoms with van der Waals surface area (Å²) in [6.45, 7) is 1.09. The Morgan fingerprint density at radius 1 is 1.12 bits per heavy atom. The van der Waals surface area contributed by atoms with E-state index in [1.807, 2.05) is 48.5 Å². The summed E-state index contributed by atoms with van der Waals surface area (Å²) < 4.78 is 10.7. The number of carboxylic acids is 1. The molecule has 180 valence electrons. The van der Waals surface area contributed by atoms with Crippen molar-refractivity contribution in [3.8, 4) is 11.1 Å². The molecule has 2 atom stereocenters. The van der Waals surface area contributed by atoms with Gasteiger partial charge in [-0.2, -0.15) is 0 Å². The Bertz CT molecular complexity index is 1070. The van der Waals surface area contributed by atoms with Gasteiger partial charge in [0.15, 0.2) is 5.60 Å². The second-order valence-corrected chi connectivity index (χ2v) is 9.03. The van der Waals surface area contributed by atoms with Crippen molar-refractivity contribution >= 4 is 18.0 Å². The number of nitrogens with one attached hydrogen (secondary N) is 1. The van der Waals surface area contributed by atoms with E-state index >= 15 is 0 Å². The Labute approximate surface area is 197 Å². The van der Waals surface area contributed by atoms with Crippen LogP contribution in [0.25, 0.3) is 11.1 Å². The van der Waals surface area contributed by atoms with Crippen molar-refractivity contribution in [1.29, 1.82) is 0 Å². The number of carboxylic acid groups (broad SMARTS) is 1. The van der Waals surface area contributed by atoms with Crippen LogP contribution in [-0.2, 0) is 19.1 Å². The molecule has 2 amide bonds. The molecule has 1 aliphatic carbocycles. The van der Waals surface area contributed by atoms with Crippen LogP contribution >= 0.6 is 0 Å². The number of alkyl carbamates (subject to hydrolysis) is 1. The lowest BCUT2D eigenvalue weighted by Gasteiger charge is -2.33. The average Bonchev–Trinajstić information content (AvgIpc) is 3.37. The molecule has 3 N–H and O–H groups in total. The van der Waals surface area contributed by atoms with Crippen molar-refractivity contribution in [1.82, 2.24) is 10.2 Å². The van der Waals surface area contributed by atoms with Gasteiger partial charge >= 0.3 is 12.1 Å². The number of β-amino-alcohol motifs (C(OH)–C–C–N with tert-alkyl or cyclic N) is 1. The molecular formula is C25H28N2O7. The topological polar surface area (TPSA) is 125 Å². The normalized spacial score (nSPS) is 20.9. The quantitative estimate of drug-likeness (QED) is 0.567. The predicted molar refractivity (Wildman–Crippen MR) is 122 cm³/mol. The molecule has 2 unspecified atom stereocenters. The summed E-state index contributed by atoms with van der Waals surface area (Å²) in [5.74, 6) is -2.08. The van der Waals surface area contributed by atoms with E-state index in [-0.39, 0.29) is 38.6 Å². The number of aliphatic carboxylic acids is 1. The maximum Gasteiger partial charge on any atom is 0.408 e. The highest BCUT2D eigenvalue weighted by molar-refractivity contribution is 5.91. The largest absolute Gasteiger partial charge is 0.479 e. The van der Waals surface area contributed by atoms with Gasteiger partial charge in [0.25, 0.3) is 5.91 Å².